The van der Waals surface area contributed by atoms with Gasteiger partial charge in [0.25, 0.3) is 0 Å². The minimum absolute atomic E-state index is 0.0522. The number of carbonyl (C=O) groups is 1. The fraction of sp³-hybridized carbons (Fsp3) is 0.917. The monoisotopic (exact) mass is 228 g/mol. The van der Waals surface area contributed by atoms with E-state index in [-0.39, 0.29) is 11.9 Å². The lowest BCUT2D eigenvalue weighted by Gasteiger charge is -2.25. The SMILES string of the molecule is COC(=O)C(C)CN(C)CC1(CCN)CC1. The van der Waals surface area contributed by atoms with Gasteiger partial charge in [-0.25, -0.2) is 0 Å². The summed E-state index contributed by atoms with van der Waals surface area (Å²) in [7, 11) is 3.51. The lowest BCUT2D eigenvalue weighted by Crippen LogP contribution is -2.34. The number of ether oxygens (including phenoxy) is 1. The molecule has 0 aromatic heterocycles. The van der Waals surface area contributed by atoms with Crippen LogP contribution in [0.1, 0.15) is 26.2 Å². The summed E-state index contributed by atoms with van der Waals surface area (Å²) >= 11 is 0. The summed E-state index contributed by atoms with van der Waals surface area (Å²) in [4.78, 5) is 13.5. The van der Waals surface area contributed by atoms with E-state index in [1.54, 1.807) is 0 Å². The maximum atomic E-state index is 11.3. The van der Waals surface area contributed by atoms with Crippen LogP contribution >= 0.6 is 0 Å². The highest BCUT2D eigenvalue weighted by Crippen LogP contribution is 2.48. The minimum atomic E-state index is -0.129. The van der Waals surface area contributed by atoms with Crippen LogP contribution in [-0.2, 0) is 9.53 Å². The molecule has 94 valence electrons. The van der Waals surface area contributed by atoms with Crippen molar-refractivity contribution in [1.82, 2.24) is 4.90 Å². The molecule has 1 rings (SSSR count). The van der Waals surface area contributed by atoms with Crippen LogP contribution in [0.3, 0.4) is 0 Å². The fourth-order valence-corrected chi connectivity index (χ4v) is 2.35. The van der Waals surface area contributed by atoms with Crippen molar-refractivity contribution in [2.24, 2.45) is 17.1 Å². The maximum absolute atomic E-state index is 11.3. The number of methoxy groups -OCH3 is 1. The Morgan fingerprint density at radius 2 is 2.19 bits per heavy atom. The van der Waals surface area contributed by atoms with Crippen molar-refractivity contribution in [3.8, 4) is 0 Å². The third-order valence-electron chi connectivity index (χ3n) is 3.43. The van der Waals surface area contributed by atoms with Crippen LogP contribution in [-0.4, -0.2) is 44.7 Å². The number of esters is 1. The van der Waals surface area contributed by atoms with Gasteiger partial charge in [-0.05, 0) is 38.3 Å². The Bertz CT molecular complexity index is 239. The highest BCUT2D eigenvalue weighted by Gasteiger charge is 2.42. The van der Waals surface area contributed by atoms with Gasteiger partial charge in [0.1, 0.15) is 0 Å². The van der Waals surface area contributed by atoms with Gasteiger partial charge in [0.05, 0.1) is 13.0 Å². The van der Waals surface area contributed by atoms with Crippen LogP contribution in [0.5, 0.6) is 0 Å². The quantitative estimate of drug-likeness (QED) is 0.657. The highest BCUT2D eigenvalue weighted by molar-refractivity contribution is 5.72. The molecule has 2 N–H and O–H groups in total. The van der Waals surface area contributed by atoms with Crippen LogP contribution in [0.2, 0.25) is 0 Å². The molecular weight excluding hydrogens is 204 g/mol. The summed E-state index contributed by atoms with van der Waals surface area (Å²) in [5.41, 5.74) is 6.05. The van der Waals surface area contributed by atoms with Gasteiger partial charge < -0.3 is 15.4 Å². The molecule has 0 bridgehead atoms. The molecule has 1 saturated carbocycles. The van der Waals surface area contributed by atoms with Crippen LogP contribution in [0.25, 0.3) is 0 Å². The van der Waals surface area contributed by atoms with Crippen molar-refractivity contribution in [2.75, 3.05) is 33.8 Å². The first kappa shape index (κ1) is 13.5. The van der Waals surface area contributed by atoms with E-state index in [1.807, 2.05) is 6.92 Å². The Kier molecular flexibility index (Phi) is 4.74. The molecule has 1 atom stereocenters. The third kappa shape index (κ3) is 3.76. The zero-order valence-corrected chi connectivity index (χ0v) is 10.7. The summed E-state index contributed by atoms with van der Waals surface area (Å²) in [6.07, 6.45) is 3.66. The first-order chi connectivity index (χ1) is 7.53. The zero-order chi connectivity index (χ0) is 12.2. The number of rotatable bonds is 7. The second-order valence-corrected chi connectivity index (χ2v) is 5.16. The molecule has 0 spiro atoms. The largest absolute Gasteiger partial charge is 0.469 e. The second kappa shape index (κ2) is 5.64. The second-order valence-electron chi connectivity index (χ2n) is 5.16. The van der Waals surface area contributed by atoms with Gasteiger partial charge in [-0.15, -0.1) is 0 Å². The fourth-order valence-electron chi connectivity index (χ4n) is 2.35. The molecule has 1 fully saturated rings. The molecule has 0 saturated heterocycles. The van der Waals surface area contributed by atoms with Crippen molar-refractivity contribution in [2.45, 2.75) is 26.2 Å². The van der Waals surface area contributed by atoms with Gasteiger partial charge in [0.15, 0.2) is 0 Å². The zero-order valence-electron chi connectivity index (χ0n) is 10.7. The summed E-state index contributed by atoms with van der Waals surface area (Å²) in [6.45, 7) is 4.48. The molecule has 4 heteroatoms. The van der Waals surface area contributed by atoms with Gasteiger partial charge in [-0.2, -0.15) is 0 Å². The highest BCUT2D eigenvalue weighted by atomic mass is 16.5. The summed E-state index contributed by atoms with van der Waals surface area (Å²) in [5.74, 6) is -0.181. The Morgan fingerprint density at radius 1 is 1.56 bits per heavy atom. The number of nitrogens with two attached hydrogens (primary N) is 1. The van der Waals surface area contributed by atoms with Gasteiger partial charge in [-0.1, -0.05) is 6.92 Å². The molecule has 1 aliphatic carbocycles. The molecule has 0 heterocycles. The molecule has 4 nitrogen and oxygen atoms in total. The Hall–Kier alpha value is -0.610. The van der Waals surface area contributed by atoms with Gasteiger partial charge >= 0.3 is 5.97 Å². The smallest absolute Gasteiger partial charge is 0.309 e. The van der Waals surface area contributed by atoms with Crippen LogP contribution in [0, 0.1) is 11.3 Å². The third-order valence-corrected chi connectivity index (χ3v) is 3.43. The van der Waals surface area contributed by atoms with E-state index >= 15 is 0 Å². The van der Waals surface area contributed by atoms with Crippen molar-refractivity contribution in [1.29, 1.82) is 0 Å². The predicted molar refractivity (Wildman–Crippen MR) is 64.0 cm³/mol. The van der Waals surface area contributed by atoms with E-state index in [9.17, 15) is 4.79 Å². The molecule has 0 amide bonds. The molecule has 16 heavy (non-hydrogen) atoms. The summed E-state index contributed by atoms with van der Waals surface area (Å²) in [5, 5.41) is 0. The number of nitrogens with zero attached hydrogens (tertiary/aromatic N) is 1. The van der Waals surface area contributed by atoms with Gasteiger partial charge in [0, 0.05) is 13.1 Å². The Balaban J connectivity index is 2.30. The van der Waals surface area contributed by atoms with Crippen LogP contribution in [0.15, 0.2) is 0 Å². The lowest BCUT2D eigenvalue weighted by molar-refractivity contribution is -0.145. The minimum Gasteiger partial charge on any atom is -0.469 e. The summed E-state index contributed by atoms with van der Waals surface area (Å²) < 4.78 is 4.72. The molecular formula is C12H24N2O2. The van der Waals surface area contributed by atoms with Crippen LogP contribution in [0.4, 0.5) is 0 Å². The van der Waals surface area contributed by atoms with Crippen molar-refractivity contribution in [3.63, 3.8) is 0 Å². The lowest BCUT2D eigenvalue weighted by atomic mass is 10.0. The van der Waals surface area contributed by atoms with E-state index in [0.29, 0.717) is 5.41 Å². The van der Waals surface area contributed by atoms with E-state index in [2.05, 4.69) is 11.9 Å². The van der Waals surface area contributed by atoms with E-state index in [4.69, 9.17) is 10.5 Å². The van der Waals surface area contributed by atoms with Gasteiger partial charge in [0.2, 0.25) is 0 Å². The van der Waals surface area contributed by atoms with E-state index < -0.39 is 0 Å². The molecule has 0 aromatic rings. The standard InChI is InChI=1S/C12H24N2O2/c1-10(11(15)16-3)8-14(2)9-12(4-5-12)6-7-13/h10H,4-9,13H2,1-3H3. The van der Waals surface area contributed by atoms with Crippen LogP contribution < -0.4 is 5.73 Å². The average molecular weight is 228 g/mol. The van der Waals surface area contributed by atoms with E-state index in [0.717, 1.165) is 26.1 Å². The molecule has 1 aliphatic rings. The molecule has 1 unspecified atom stereocenters. The topological polar surface area (TPSA) is 55.6 Å². The molecule has 0 aromatic carbocycles. The maximum Gasteiger partial charge on any atom is 0.309 e. The normalized spacial score (nSPS) is 19.6. The number of carbonyl (C=O) groups excluding carboxylic acids is 1. The first-order valence-electron chi connectivity index (χ1n) is 5.99. The number of hydrogen-bond donors (Lipinski definition) is 1. The van der Waals surface area contributed by atoms with Gasteiger partial charge in [-0.3, -0.25) is 4.79 Å². The summed E-state index contributed by atoms with van der Waals surface area (Å²) in [6, 6.07) is 0. The van der Waals surface area contributed by atoms with Crippen molar-refractivity contribution >= 4 is 5.97 Å². The predicted octanol–water partition coefficient (Wildman–Crippen LogP) is 0.856. The van der Waals surface area contributed by atoms with Crippen molar-refractivity contribution < 1.29 is 9.53 Å². The average Bonchev–Trinajstić information content (AvgIpc) is 2.96. The number of hydrogen-bond acceptors (Lipinski definition) is 4. The Labute approximate surface area is 98.1 Å². The van der Waals surface area contributed by atoms with E-state index in [1.165, 1.54) is 20.0 Å². The van der Waals surface area contributed by atoms with Crippen molar-refractivity contribution in [3.05, 3.63) is 0 Å². The molecule has 0 aliphatic heterocycles. The first-order valence-corrected chi connectivity index (χ1v) is 5.99. The Morgan fingerprint density at radius 3 is 2.62 bits per heavy atom. The molecule has 0 radical (unpaired) electrons.